The molecular formula is C19H18F2N4. The molecule has 3 aromatic rings. The molecule has 1 aliphatic carbocycles. The van der Waals surface area contributed by atoms with Gasteiger partial charge in [-0.25, -0.2) is 8.78 Å². The van der Waals surface area contributed by atoms with Gasteiger partial charge in [0.15, 0.2) is 5.82 Å². The van der Waals surface area contributed by atoms with E-state index < -0.39 is 11.6 Å². The maximum atomic E-state index is 15.5. The minimum atomic E-state index is -0.631. The third-order valence-corrected chi connectivity index (χ3v) is 4.57. The van der Waals surface area contributed by atoms with Crippen molar-refractivity contribution >= 4 is 10.9 Å². The van der Waals surface area contributed by atoms with E-state index in [9.17, 15) is 4.39 Å². The van der Waals surface area contributed by atoms with Crippen molar-refractivity contribution in [1.29, 1.82) is 0 Å². The van der Waals surface area contributed by atoms with E-state index in [4.69, 9.17) is 5.84 Å². The Labute approximate surface area is 143 Å². The summed E-state index contributed by atoms with van der Waals surface area (Å²) in [5.41, 5.74) is 2.23. The maximum absolute atomic E-state index is 15.5. The molecule has 1 aliphatic rings. The van der Waals surface area contributed by atoms with Crippen LogP contribution in [0.15, 0.2) is 35.6 Å². The molecule has 4 rings (SSSR count). The Morgan fingerprint density at radius 1 is 1.16 bits per heavy atom. The zero-order chi connectivity index (χ0) is 17.7. The van der Waals surface area contributed by atoms with Crippen LogP contribution in [0.1, 0.15) is 30.3 Å². The van der Waals surface area contributed by atoms with E-state index in [-0.39, 0.29) is 11.6 Å². The Morgan fingerprint density at radius 3 is 2.44 bits per heavy atom. The Bertz CT molecular complexity index is 1040. The summed E-state index contributed by atoms with van der Waals surface area (Å²) < 4.78 is 32.2. The molecule has 2 aromatic heterocycles. The quantitative estimate of drug-likeness (QED) is 0.571. The summed E-state index contributed by atoms with van der Waals surface area (Å²) in [4.78, 5) is 4.28. The lowest BCUT2D eigenvalue weighted by molar-refractivity contribution is 0.589. The van der Waals surface area contributed by atoms with Crippen molar-refractivity contribution in [3.63, 3.8) is 0 Å². The van der Waals surface area contributed by atoms with Gasteiger partial charge in [-0.3, -0.25) is 4.98 Å². The lowest BCUT2D eigenvalue weighted by atomic mass is 10.0. The summed E-state index contributed by atoms with van der Waals surface area (Å²) >= 11 is 0. The standard InChI is InChI=1S/C19H18F2N4/c1-10-7-12(8-11(2)23-10)17-15(20)9-14-16(24-22)5-6-25(13-3-4-13)19(14)18(17)21/h5-9,13H,3-4,22H2,1-2H3/b24-16+. The number of benzene rings is 1. The normalized spacial score (nSPS) is 15.1. The average molecular weight is 340 g/mol. The van der Waals surface area contributed by atoms with Crippen molar-refractivity contribution in [3.8, 4) is 11.1 Å². The Hall–Kier alpha value is -2.76. The lowest BCUT2D eigenvalue weighted by Gasteiger charge is -2.15. The number of aryl methyl sites for hydroxylation is 2. The molecule has 0 bridgehead atoms. The fourth-order valence-electron chi connectivity index (χ4n) is 3.38. The second-order valence-corrected chi connectivity index (χ2v) is 6.55. The molecule has 25 heavy (non-hydrogen) atoms. The fraction of sp³-hybridized carbons (Fsp3) is 0.263. The predicted octanol–water partition coefficient (Wildman–Crippen LogP) is 3.71. The van der Waals surface area contributed by atoms with Crippen LogP contribution in [0.2, 0.25) is 0 Å². The van der Waals surface area contributed by atoms with Crippen LogP contribution in [0.25, 0.3) is 22.0 Å². The first-order valence-electron chi connectivity index (χ1n) is 8.22. The van der Waals surface area contributed by atoms with Gasteiger partial charge in [-0.2, -0.15) is 5.10 Å². The van der Waals surface area contributed by atoms with Gasteiger partial charge < -0.3 is 10.4 Å². The molecule has 128 valence electrons. The van der Waals surface area contributed by atoms with Gasteiger partial charge in [0.2, 0.25) is 0 Å². The first kappa shape index (κ1) is 15.7. The molecule has 4 nitrogen and oxygen atoms in total. The van der Waals surface area contributed by atoms with Crippen molar-refractivity contribution in [2.75, 3.05) is 0 Å². The molecule has 2 N–H and O–H groups in total. The van der Waals surface area contributed by atoms with Gasteiger partial charge in [0.25, 0.3) is 0 Å². The van der Waals surface area contributed by atoms with E-state index in [1.165, 1.54) is 6.07 Å². The van der Waals surface area contributed by atoms with Gasteiger partial charge in [-0.1, -0.05) is 0 Å². The Kier molecular flexibility index (Phi) is 3.56. The predicted molar refractivity (Wildman–Crippen MR) is 92.6 cm³/mol. The molecular weight excluding hydrogens is 322 g/mol. The van der Waals surface area contributed by atoms with Crippen LogP contribution in [0.5, 0.6) is 0 Å². The van der Waals surface area contributed by atoms with Crippen LogP contribution in [0.3, 0.4) is 0 Å². The number of fused-ring (bicyclic) bond motifs is 1. The van der Waals surface area contributed by atoms with Crippen molar-refractivity contribution < 1.29 is 8.78 Å². The highest BCUT2D eigenvalue weighted by atomic mass is 19.1. The Balaban J connectivity index is 2.11. The molecule has 1 aromatic carbocycles. The highest BCUT2D eigenvalue weighted by Gasteiger charge is 2.27. The molecule has 0 aliphatic heterocycles. The molecule has 1 fully saturated rings. The third-order valence-electron chi connectivity index (χ3n) is 4.57. The molecule has 0 saturated heterocycles. The summed E-state index contributed by atoms with van der Waals surface area (Å²) in [5, 5.41) is 4.44. The number of rotatable bonds is 2. The lowest BCUT2D eigenvalue weighted by Crippen LogP contribution is -2.13. The van der Waals surface area contributed by atoms with Crippen molar-refractivity contribution in [3.05, 3.63) is 58.8 Å². The van der Waals surface area contributed by atoms with Crippen LogP contribution >= 0.6 is 0 Å². The number of hydrogen-bond donors (Lipinski definition) is 1. The molecule has 0 atom stereocenters. The number of halogens is 2. The van der Waals surface area contributed by atoms with Crippen molar-refractivity contribution in [2.24, 2.45) is 10.9 Å². The summed E-state index contributed by atoms with van der Waals surface area (Å²) in [6, 6.07) is 6.64. The van der Waals surface area contributed by atoms with Gasteiger partial charge in [0.1, 0.15) is 5.82 Å². The summed E-state index contributed by atoms with van der Waals surface area (Å²) in [6.45, 7) is 3.62. The van der Waals surface area contributed by atoms with Crippen LogP contribution in [-0.4, -0.2) is 9.55 Å². The average Bonchev–Trinajstić information content (AvgIpc) is 3.37. The van der Waals surface area contributed by atoms with Crippen LogP contribution in [-0.2, 0) is 0 Å². The first-order valence-corrected chi connectivity index (χ1v) is 8.22. The van der Waals surface area contributed by atoms with E-state index in [0.29, 0.717) is 21.8 Å². The molecule has 2 heterocycles. The SMILES string of the molecule is Cc1cc(-c2c(F)cc3/c(=N/N)ccn(C4CC4)c3c2F)cc(C)n1. The monoisotopic (exact) mass is 340 g/mol. The van der Waals surface area contributed by atoms with Crippen LogP contribution in [0, 0.1) is 25.5 Å². The number of nitrogens with two attached hydrogens (primary N) is 1. The second kappa shape index (κ2) is 5.65. The topological polar surface area (TPSA) is 56.2 Å². The molecule has 0 amide bonds. The number of aromatic nitrogens is 2. The van der Waals surface area contributed by atoms with E-state index in [1.54, 1.807) is 24.4 Å². The molecule has 0 unspecified atom stereocenters. The Morgan fingerprint density at radius 2 is 1.84 bits per heavy atom. The molecule has 0 radical (unpaired) electrons. The summed E-state index contributed by atoms with van der Waals surface area (Å²) in [6.07, 6.45) is 3.75. The largest absolute Gasteiger partial charge is 0.342 e. The molecule has 1 saturated carbocycles. The van der Waals surface area contributed by atoms with Crippen molar-refractivity contribution in [2.45, 2.75) is 32.7 Å². The van der Waals surface area contributed by atoms with Gasteiger partial charge in [0, 0.05) is 29.0 Å². The number of pyridine rings is 2. The van der Waals surface area contributed by atoms with Gasteiger partial charge in [0.05, 0.1) is 16.4 Å². The molecule has 6 heteroatoms. The van der Waals surface area contributed by atoms with Crippen LogP contribution in [0.4, 0.5) is 8.78 Å². The molecule has 0 spiro atoms. The minimum Gasteiger partial charge on any atom is -0.342 e. The minimum absolute atomic E-state index is 0.0373. The van der Waals surface area contributed by atoms with Gasteiger partial charge in [-0.15, -0.1) is 0 Å². The van der Waals surface area contributed by atoms with Gasteiger partial charge in [-0.05, 0) is 56.5 Å². The first-order chi connectivity index (χ1) is 12.0. The van der Waals surface area contributed by atoms with E-state index in [0.717, 1.165) is 24.2 Å². The fourth-order valence-corrected chi connectivity index (χ4v) is 3.38. The third kappa shape index (κ3) is 2.58. The smallest absolute Gasteiger partial charge is 0.158 e. The second-order valence-electron chi connectivity index (χ2n) is 6.55. The highest BCUT2D eigenvalue weighted by molar-refractivity contribution is 5.86. The zero-order valence-electron chi connectivity index (χ0n) is 14.1. The summed E-state index contributed by atoms with van der Waals surface area (Å²) in [5.74, 6) is 4.19. The van der Waals surface area contributed by atoms with E-state index in [2.05, 4.69) is 10.1 Å². The van der Waals surface area contributed by atoms with Gasteiger partial charge >= 0.3 is 0 Å². The highest BCUT2D eigenvalue weighted by Crippen LogP contribution is 2.39. The van der Waals surface area contributed by atoms with Crippen molar-refractivity contribution in [1.82, 2.24) is 9.55 Å². The zero-order valence-corrected chi connectivity index (χ0v) is 14.1. The number of hydrogen-bond acceptors (Lipinski definition) is 3. The van der Waals surface area contributed by atoms with Crippen LogP contribution < -0.4 is 11.2 Å². The number of nitrogens with zero attached hydrogens (tertiary/aromatic N) is 3. The summed E-state index contributed by atoms with van der Waals surface area (Å²) in [7, 11) is 0. The van der Waals surface area contributed by atoms with E-state index >= 15 is 4.39 Å². The van der Waals surface area contributed by atoms with E-state index in [1.807, 2.05) is 18.4 Å². The maximum Gasteiger partial charge on any atom is 0.158 e.